The molecular weight excluding hydrogens is 330 g/mol. The molecule has 0 bridgehead atoms. The second-order valence-corrected chi connectivity index (χ2v) is 0.693. The largest absolute Gasteiger partial charge is 0.631 e. The average molecular weight is 338 g/mol. The van der Waals surface area contributed by atoms with Gasteiger partial charge in [-0.1, -0.05) is 0 Å². The Bertz CT molecular complexity index is 32.1. The Labute approximate surface area is 108 Å². The molecule has 8 N–H and O–H groups in total. The molecule has 0 rings (SSSR count). The van der Waals surface area contributed by atoms with E-state index in [9.17, 15) is 0 Å². The van der Waals surface area contributed by atoms with Gasteiger partial charge in [-0.15, -0.1) is 0 Å². The van der Waals surface area contributed by atoms with E-state index in [1.54, 1.807) is 0 Å². The van der Waals surface area contributed by atoms with E-state index in [2.05, 4.69) is 0 Å². The third-order valence-electron chi connectivity index (χ3n) is 0. The summed E-state index contributed by atoms with van der Waals surface area (Å²) < 4.78 is 0. The van der Waals surface area contributed by atoms with Crippen molar-refractivity contribution in [2.24, 2.45) is 0 Å². The van der Waals surface area contributed by atoms with Crippen molar-refractivity contribution in [3.05, 3.63) is 0 Å². The third-order valence-corrected chi connectivity index (χ3v) is 0. The fraction of sp³-hybridized carbons (Fsp3) is 0. The first-order valence-electron chi connectivity index (χ1n) is 1.55. The van der Waals surface area contributed by atoms with Crippen LogP contribution < -0.4 is 0 Å². The predicted molar refractivity (Wildman–Crippen MR) is 28.4 cm³/mol. The summed E-state index contributed by atoms with van der Waals surface area (Å²) in [7, 11) is -4.33. The molecule has 0 unspecified atom stereocenters. The molecule has 62 valence electrons. The van der Waals surface area contributed by atoms with E-state index in [1.807, 2.05) is 0 Å². The first-order chi connectivity index (χ1) is 3.46. The molecule has 0 aromatic heterocycles. The summed E-state index contributed by atoms with van der Waals surface area (Å²) in [6, 6.07) is 0. The Hall–Kier alpha value is 1.72. The van der Waals surface area contributed by atoms with E-state index in [-0.39, 0.29) is 63.9 Å². The summed E-state index contributed by atoms with van der Waals surface area (Å²) in [6.07, 6.45) is 0. The van der Waals surface area contributed by atoms with Crippen molar-refractivity contribution in [1.82, 2.24) is 0 Å². The van der Waals surface area contributed by atoms with Crippen LogP contribution in [0.3, 0.4) is 0 Å². The van der Waals surface area contributed by atoms with Crippen molar-refractivity contribution in [1.29, 1.82) is 0 Å². The maximum atomic E-state index is 7.17. The average Bonchev–Trinajstić information content (AvgIpc) is 1.25. The Morgan fingerprint density at radius 2 is 0.500 bits per heavy atom. The molecule has 0 aliphatic rings. The van der Waals surface area contributed by atoms with Gasteiger partial charge in [0.25, 0.3) is 0 Å². The Morgan fingerprint density at radius 1 is 0.500 bits per heavy atom. The summed E-state index contributed by atoms with van der Waals surface area (Å²) in [5, 5.41) is 43.0. The van der Waals surface area contributed by atoms with Gasteiger partial charge < -0.3 is 35.6 Å². The summed E-state index contributed by atoms with van der Waals surface area (Å²) in [5.41, 5.74) is 0. The summed E-state index contributed by atoms with van der Waals surface area (Å²) in [5.74, 6) is 0. The van der Waals surface area contributed by atoms with E-state index in [0.717, 1.165) is 0 Å². The Balaban J connectivity index is -0.0000000112. The maximum Gasteiger partial charge on any atom is 0.631 e. The van der Waals surface area contributed by atoms with Gasteiger partial charge in [-0.3, -0.25) is 0 Å². The van der Waals surface area contributed by atoms with Crippen LogP contribution in [0, 0.1) is 0 Å². The minimum Gasteiger partial charge on any atom is -0.412 e. The first kappa shape index (κ1) is 37.2. The topological polar surface area (TPSA) is 153 Å². The van der Waals surface area contributed by atoms with E-state index in [1.165, 1.54) is 0 Å². The minimum absolute atomic E-state index is 0. The van der Waals surface area contributed by atoms with E-state index >= 15 is 0 Å². The number of rotatable bonds is 0. The molecule has 0 fully saturated rings. The molecule has 0 aliphatic carbocycles. The quantitative estimate of drug-likeness (QED) is 0.243. The molecule has 7 nitrogen and oxygen atoms in total. The summed E-state index contributed by atoms with van der Waals surface area (Å²) >= 11 is 0. The molecule has 0 amide bonds. The zero-order chi connectivity index (χ0) is 7.15. The van der Waals surface area contributed by atoms with Crippen LogP contribution in [-0.4, -0.2) is 50.3 Å². The van der Waals surface area contributed by atoms with E-state index in [0.29, 0.717) is 0 Å². The minimum atomic E-state index is -2.17. The van der Waals surface area contributed by atoms with E-state index < -0.39 is 14.6 Å². The van der Waals surface area contributed by atoms with Gasteiger partial charge in [-0.2, -0.15) is 0 Å². The smallest absolute Gasteiger partial charge is 0.412 e. The molecule has 12 heavy (non-hydrogen) atoms. The van der Waals surface area contributed by atoms with Crippen molar-refractivity contribution in [3.8, 4) is 0 Å². The van der Waals surface area contributed by atoms with Gasteiger partial charge in [0.2, 0.25) is 0 Å². The van der Waals surface area contributed by atoms with Gasteiger partial charge >= 0.3 is 14.6 Å². The van der Waals surface area contributed by atoms with Gasteiger partial charge in [-0.25, -0.2) is 0 Å². The van der Waals surface area contributed by atoms with Crippen LogP contribution in [0.15, 0.2) is 0 Å². The van der Waals surface area contributed by atoms with E-state index in [4.69, 9.17) is 30.1 Å². The second kappa shape index (κ2) is 29.3. The standard InChI is InChI=1S/2BH3O3.H2O.3Zn/c2*2-1(3)4;;;;/h2*2-4H;1H2;;;. The van der Waals surface area contributed by atoms with Crippen molar-refractivity contribution in [2.45, 2.75) is 0 Å². The SMILES string of the molecule is O.OB(O)O.OB(O)O.[Zn].[Zn].[Zn]. The van der Waals surface area contributed by atoms with Crippen LogP contribution >= 0.6 is 0 Å². The fourth-order valence-electron chi connectivity index (χ4n) is 0. The zero-order valence-corrected chi connectivity index (χ0v) is 15.4. The molecule has 0 atom stereocenters. The maximum absolute atomic E-state index is 7.17. The van der Waals surface area contributed by atoms with Crippen molar-refractivity contribution in [3.63, 3.8) is 0 Å². The Morgan fingerprint density at radius 3 is 0.500 bits per heavy atom. The van der Waals surface area contributed by atoms with Gasteiger partial charge in [0.1, 0.15) is 0 Å². The molecule has 12 heteroatoms. The van der Waals surface area contributed by atoms with Crippen LogP contribution in [0.4, 0.5) is 0 Å². The van der Waals surface area contributed by atoms with Crippen LogP contribution in [-0.2, 0) is 58.4 Å². The molecule has 0 aliphatic heterocycles. The van der Waals surface area contributed by atoms with Crippen molar-refractivity contribution < 1.29 is 94.1 Å². The third kappa shape index (κ3) is 455. The summed E-state index contributed by atoms with van der Waals surface area (Å²) in [6.45, 7) is 0. The van der Waals surface area contributed by atoms with Crippen molar-refractivity contribution >= 4 is 14.6 Å². The molecule has 0 saturated heterocycles. The van der Waals surface area contributed by atoms with Gasteiger partial charge in [0.15, 0.2) is 0 Å². The van der Waals surface area contributed by atoms with Crippen LogP contribution in [0.1, 0.15) is 0 Å². The number of hydrogen-bond acceptors (Lipinski definition) is 6. The van der Waals surface area contributed by atoms with Crippen LogP contribution in [0.5, 0.6) is 0 Å². The van der Waals surface area contributed by atoms with Gasteiger partial charge in [0.05, 0.1) is 0 Å². The molecule has 0 aromatic rings. The summed E-state index contributed by atoms with van der Waals surface area (Å²) in [4.78, 5) is 0. The van der Waals surface area contributed by atoms with Gasteiger partial charge in [-0.05, 0) is 0 Å². The fourth-order valence-corrected chi connectivity index (χ4v) is 0. The predicted octanol–water partition coefficient (Wildman–Crippen LogP) is -4.94. The van der Waals surface area contributed by atoms with Gasteiger partial charge in [0, 0.05) is 58.4 Å². The molecule has 0 heterocycles. The molecule has 0 radical (unpaired) electrons. The van der Waals surface area contributed by atoms with Crippen molar-refractivity contribution in [2.75, 3.05) is 0 Å². The number of hydrogen-bond donors (Lipinski definition) is 6. The molecule has 0 aromatic carbocycles. The van der Waals surface area contributed by atoms with Crippen LogP contribution in [0.25, 0.3) is 0 Å². The Kier molecular flexibility index (Phi) is 91.0. The molecule has 0 saturated carbocycles. The molecular formula is H8B2O7Zn3. The molecule has 0 spiro atoms. The zero-order valence-electron chi connectivity index (χ0n) is 6.46. The normalized spacial score (nSPS) is 4.50. The monoisotopic (exact) mass is 334 g/mol. The second-order valence-electron chi connectivity index (χ2n) is 0.693. The first-order valence-corrected chi connectivity index (χ1v) is 1.55. The van der Waals surface area contributed by atoms with Crippen LogP contribution in [0.2, 0.25) is 0 Å².